The van der Waals surface area contributed by atoms with Crippen LogP contribution in [-0.4, -0.2) is 16.1 Å². The highest BCUT2D eigenvalue weighted by Crippen LogP contribution is 2.32. The molecule has 0 saturated heterocycles. The minimum Gasteiger partial charge on any atom is -0.487 e. The molecule has 0 spiro atoms. The Morgan fingerprint density at radius 2 is 2.03 bits per heavy atom. The van der Waals surface area contributed by atoms with Crippen LogP contribution in [0.4, 0.5) is 14.5 Å². The van der Waals surface area contributed by atoms with Gasteiger partial charge in [0, 0.05) is 24.4 Å². The molecule has 0 bridgehead atoms. The number of anilines is 1. The number of ether oxygens (including phenoxy) is 1. The van der Waals surface area contributed by atoms with Crippen LogP contribution in [0.2, 0.25) is 0 Å². The van der Waals surface area contributed by atoms with Gasteiger partial charge in [0.2, 0.25) is 0 Å². The number of hydrogen-bond donors (Lipinski definition) is 1. The molecule has 0 saturated carbocycles. The van der Waals surface area contributed by atoms with E-state index in [-0.39, 0.29) is 17.7 Å². The Kier molecular flexibility index (Phi) is 5.76. The average molecular weight is 427 g/mol. The van der Waals surface area contributed by atoms with Crippen LogP contribution in [0.3, 0.4) is 0 Å². The minimum absolute atomic E-state index is 0.0251. The van der Waals surface area contributed by atoms with E-state index in [1.165, 1.54) is 23.5 Å². The normalized spacial score (nSPS) is 11.0. The summed E-state index contributed by atoms with van der Waals surface area (Å²) in [5, 5.41) is 3.81. The van der Waals surface area contributed by atoms with Crippen LogP contribution in [0, 0.1) is 11.6 Å². The second-order valence-electron chi connectivity index (χ2n) is 6.62. The molecule has 4 rings (SSSR count). The molecule has 8 heteroatoms. The molecular weight excluding hydrogens is 408 g/mol. The fourth-order valence-corrected chi connectivity index (χ4v) is 4.11. The van der Waals surface area contributed by atoms with E-state index in [1.54, 1.807) is 29.0 Å². The van der Waals surface area contributed by atoms with Crippen molar-refractivity contribution in [3.05, 3.63) is 87.3 Å². The topological polar surface area (TPSA) is 56.1 Å². The van der Waals surface area contributed by atoms with E-state index < -0.39 is 11.6 Å². The van der Waals surface area contributed by atoms with Crippen molar-refractivity contribution in [2.75, 3.05) is 11.9 Å². The van der Waals surface area contributed by atoms with Crippen LogP contribution in [0.5, 0.6) is 5.75 Å². The lowest BCUT2D eigenvalue weighted by molar-refractivity contribution is 0.303. The largest absolute Gasteiger partial charge is 0.487 e. The van der Waals surface area contributed by atoms with Gasteiger partial charge in [-0.1, -0.05) is 6.07 Å². The summed E-state index contributed by atoms with van der Waals surface area (Å²) >= 11 is 1.42. The Morgan fingerprint density at radius 3 is 2.83 bits per heavy atom. The van der Waals surface area contributed by atoms with E-state index in [0.29, 0.717) is 24.5 Å². The van der Waals surface area contributed by atoms with Crippen LogP contribution in [0.1, 0.15) is 17.5 Å². The molecule has 2 aromatic carbocycles. The number of rotatable bonds is 7. The summed E-state index contributed by atoms with van der Waals surface area (Å²) in [5.74, 6) is -0.709. The van der Waals surface area contributed by atoms with Gasteiger partial charge in [-0.15, -0.1) is 11.3 Å². The predicted molar refractivity (Wildman–Crippen MR) is 114 cm³/mol. The van der Waals surface area contributed by atoms with Crippen LogP contribution < -0.4 is 15.6 Å². The van der Waals surface area contributed by atoms with Crippen molar-refractivity contribution >= 4 is 27.2 Å². The Bertz CT molecular complexity index is 1250. The van der Waals surface area contributed by atoms with Gasteiger partial charge in [-0.25, -0.2) is 13.8 Å². The van der Waals surface area contributed by atoms with Gasteiger partial charge in [0.25, 0.3) is 5.56 Å². The molecule has 0 amide bonds. The maximum atomic E-state index is 13.9. The van der Waals surface area contributed by atoms with Crippen LogP contribution in [-0.2, 0) is 13.2 Å². The standard InChI is InChI=1S/C22H19F2N3O2S/c1-2-25-18-6-4-10-27(22(18)28)12-20-26-17-5-3-7-19(21(17)30-20)29-13-14-8-9-15(23)11-16(14)24/h3-11,25H,2,12-13H2,1H3. The summed E-state index contributed by atoms with van der Waals surface area (Å²) in [6, 6.07) is 12.4. The zero-order valence-corrected chi connectivity index (χ0v) is 17.0. The summed E-state index contributed by atoms with van der Waals surface area (Å²) in [6.07, 6.45) is 1.73. The highest BCUT2D eigenvalue weighted by atomic mass is 32.1. The van der Waals surface area contributed by atoms with E-state index in [1.807, 2.05) is 19.1 Å². The maximum Gasteiger partial charge on any atom is 0.274 e. The fraction of sp³-hybridized carbons (Fsp3) is 0.182. The Balaban J connectivity index is 1.58. The number of thiazole rings is 1. The Morgan fingerprint density at radius 1 is 1.17 bits per heavy atom. The fourth-order valence-electron chi connectivity index (χ4n) is 3.08. The lowest BCUT2D eigenvalue weighted by atomic mass is 10.2. The van der Waals surface area contributed by atoms with Crippen molar-refractivity contribution in [1.29, 1.82) is 0 Å². The lowest BCUT2D eigenvalue weighted by Crippen LogP contribution is -2.23. The molecule has 1 N–H and O–H groups in total. The molecule has 2 heterocycles. The molecule has 0 aliphatic heterocycles. The third-order valence-corrected chi connectivity index (χ3v) is 5.58. The van der Waals surface area contributed by atoms with Gasteiger partial charge in [0.15, 0.2) is 0 Å². The van der Waals surface area contributed by atoms with Gasteiger partial charge in [-0.2, -0.15) is 0 Å². The number of halogens is 2. The van der Waals surface area contributed by atoms with Crippen molar-refractivity contribution in [1.82, 2.24) is 9.55 Å². The molecule has 0 fully saturated rings. The molecule has 0 aliphatic carbocycles. The van der Waals surface area contributed by atoms with Crippen molar-refractivity contribution in [3.8, 4) is 5.75 Å². The van der Waals surface area contributed by atoms with Crippen molar-refractivity contribution in [2.24, 2.45) is 0 Å². The second kappa shape index (κ2) is 8.62. The molecule has 0 radical (unpaired) electrons. The zero-order chi connectivity index (χ0) is 21.1. The van der Waals surface area contributed by atoms with Crippen molar-refractivity contribution in [3.63, 3.8) is 0 Å². The third kappa shape index (κ3) is 4.18. The first-order chi connectivity index (χ1) is 14.5. The lowest BCUT2D eigenvalue weighted by Gasteiger charge is -2.08. The number of hydrogen-bond acceptors (Lipinski definition) is 5. The molecule has 154 valence electrons. The van der Waals surface area contributed by atoms with Gasteiger partial charge in [0.1, 0.15) is 34.7 Å². The number of fused-ring (bicyclic) bond motifs is 1. The van der Waals surface area contributed by atoms with Crippen LogP contribution >= 0.6 is 11.3 Å². The van der Waals surface area contributed by atoms with Crippen LogP contribution in [0.25, 0.3) is 10.2 Å². The number of aromatic nitrogens is 2. The molecule has 0 aliphatic rings. The highest BCUT2D eigenvalue weighted by Gasteiger charge is 2.12. The number of nitrogens with one attached hydrogen (secondary N) is 1. The predicted octanol–water partition coefficient (Wildman–Crippen LogP) is 4.80. The van der Waals surface area contributed by atoms with E-state index in [2.05, 4.69) is 10.3 Å². The monoisotopic (exact) mass is 427 g/mol. The quantitative estimate of drug-likeness (QED) is 0.461. The van der Waals surface area contributed by atoms with Crippen LogP contribution in [0.15, 0.2) is 59.5 Å². The van der Waals surface area contributed by atoms with Gasteiger partial charge < -0.3 is 14.6 Å². The molecule has 0 atom stereocenters. The molecule has 30 heavy (non-hydrogen) atoms. The summed E-state index contributed by atoms with van der Waals surface area (Å²) < 4.78 is 35.2. The Labute approximate surface area is 175 Å². The van der Waals surface area contributed by atoms with E-state index in [4.69, 9.17) is 4.74 Å². The second-order valence-corrected chi connectivity index (χ2v) is 7.71. The zero-order valence-electron chi connectivity index (χ0n) is 16.2. The highest BCUT2D eigenvalue weighted by molar-refractivity contribution is 7.19. The van der Waals surface area contributed by atoms with Crippen molar-refractivity contribution in [2.45, 2.75) is 20.1 Å². The van der Waals surface area contributed by atoms with Gasteiger partial charge in [-0.05, 0) is 43.3 Å². The van der Waals surface area contributed by atoms with Gasteiger partial charge in [-0.3, -0.25) is 4.79 Å². The van der Waals surface area contributed by atoms with Gasteiger partial charge >= 0.3 is 0 Å². The van der Waals surface area contributed by atoms with Gasteiger partial charge in [0.05, 0.1) is 16.8 Å². The Hall–Kier alpha value is -3.26. The first-order valence-electron chi connectivity index (χ1n) is 9.43. The number of nitrogens with zero attached hydrogens (tertiary/aromatic N) is 2. The number of pyridine rings is 1. The first kappa shape index (κ1) is 20.0. The SMILES string of the molecule is CCNc1cccn(Cc2nc3cccc(OCc4ccc(F)cc4F)c3s2)c1=O. The van der Waals surface area contributed by atoms with E-state index in [0.717, 1.165) is 21.3 Å². The summed E-state index contributed by atoms with van der Waals surface area (Å²) in [5.41, 5.74) is 1.45. The summed E-state index contributed by atoms with van der Waals surface area (Å²) in [4.78, 5) is 17.2. The summed E-state index contributed by atoms with van der Waals surface area (Å²) in [7, 11) is 0. The van der Waals surface area contributed by atoms with E-state index >= 15 is 0 Å². The molecule has 5 nitrogen and oxygen atoms in total. The van der Waals surface area contributed by atoms with Crippen molar-refractivity contribution < 1.29 is 13.5 Å². The molecular formula is C22H19F2N3O2S. The number of benzene rings is 2. The minimum atomic E-state index is -0.646. The third-order valence-electron chi connectivity index (χ3n) is 4.51. The maximum absolute atomic E-state index is 13.9. The average Bonchev–Trinajstić information content (AvgIpc) is 3.14. The molecule has 0 unspecified atom stereocenters. The first-order valence-corrected chi connectivity index (χ1v) is 10.3. The molecule has 2 aromatic heterocycles. The molecule has 4 aromatic rings. The summed E-state index contributed by atoms with van der Waals surface area (Å²) in [6.45, 7) is 2.91. The van der Waals surface area contributed by atoms with E-state index in [9.17, 15) is 13.6 Å². The smallest absolute Gasteiger partial charge is 0.274 e.